The largest absolute Gasteiger partial charge is 0.359 e. The van der Waals surface area contributed by atoms with Gasteiger partial charge in [-0.15, -0.1) is 0 Å². The number of aryl methyl sites for hydroxylation is 1. The second kappa shape index (κ2) is 3.46. The lowest BCUT2D eigenvalue weighted by atomic mass is 10.4. The Hall–Kier alpha value is -0.290. The van der Waals surface area contributed by atoms with Gasteiger partial charge in [0.1, 0.15) is 5.82 Å². The molecule has 1 heterocycles. The number of aromatic nitrogens is 2. The van der Waals surface area contributed by atoms with Crippen LogP contribution in [-0.2, 0) is 0 Å². The standard InChI is InChI=1S/C8H13N3S2/c1-6-10-7(13-11-6)9-5-8(12-2)3-4-8/h3-5H2,1-2H3,(H,9,10,11). The number of nitrogens with one attached hydrogen (secondary N) is 1. The first kappa shape index (κ1) is 9.27. The highest BCUT2D eigenvalue weighted by molar-refractivity contribution is 8.00. The molecule has 72 valence electrons. The summed E-state index contributed by atoms with van der Waals surface area (Å²) in [6.45, 7) is 2.95. The van der Waals surface area contributed by atoms with Crippen LogP contribution in [0.25, 0.3) is 0 Å². The molecule has 0 unspecified atom stereocenters. The van der Waals surface area contributed by atoms with Gasteiger partial charge < -0.3 is 5.32 Å². The number of nitrogens with zero attached hydrogens (tertiary/aromatic N) is 2. The van der Waals surface area contributed by atoms with Crippen LogP contribution < -0.4 is 5.32 Å². The molecule has 1 aromatic heterocycles. The molecular weight excluding hydrogens is 202 g/mol. The summed E-state index contributed by atoms with van der Waals surface area (Å²) in [5.41, 5.74) is 0. The third-order valence-electron chi connectivity index (χ3n) is 2.33. The first-order valence-electron chi connectivity index (χ1n) is 4.33. The zero-order chi connectivity index (χ0) is 9.31. The monoisotopic (exact) mass is 215 g/mol. The molecule has 1 aliphatic rings. The molecule has 0 amide bonds. The Kier molecular flexibility index (Phi) is 2.47. The summed E-state index contributed by atoms with van der Waals surface area (Å²) in [7, 11) is 0. The number of anilines is 1. The molecule has 13 heavy (non-hydrogen) atoms. The van der Waals surface area contributed by atoms with Crippen molar-refractivity contribution in [1.29, 1.82) is 0 Å². The summed E-state index contributed by atoms with van der Waals surface area (Å²) >= 11 is 3.41. The van der Waals surface area contributed by atoms with E-state index in [1.165, 1.54) is 24.4 Å². The van der Waals surface area contributed by atoms with E-state index in [2.05, 4.69) is 20.9 Å². The first-order valence-corrected chi connectivity index (χ1v) is 6.33. The smallest absolute Gasteiger partial charge is 0.202 e. The Balaban J connectivity index is 1.86. The molecule has 0 aromatic carbocycles. The van der Waals surface area contributed by atoms with Gasteiger partial charge in [0.05, 0.1) is 0 Å². The normalized spacial score (nSPS) is 18.6. The Bertz CT molecular complexity index is 293. The molecule has 1 fully saturated rings. The van der Waals surface area contributed by atoms with Crippen LogP contribution in [0.3, 0.4) is 0 Å². The summed E-state index contributed by atoms with van der Waals surface area (Å²) in [5.74, 6) is 0.862. The van der Waals surface area contributed by atoms with Gasteiger partial charge in [0.2, 0.25) is 5.13 Å². The van der Waals surface area contributed by atoms with E-state index in [-0.39, 0.29) is 0 Å². The Morgan fingerprint density at radius 3 is 2.85 bits per heavy atom. The van der Waals surface area contributed by atoms with Gasteiger partial charge in [-0.25, -0.2) is 4.98 Å². The average Bonchev–Trinajstić information content (AvgIpc) is 2.81. The van der Waals surface area contributed by atoms with Crippen LogP contribution in [0, 0.1) is 6.92 Å². The van der Waals surface area contributed by atoms with E-state index in [4.69, 9.17) is 0 Å². The molecule has 0 aliphatic heterocycles. The van der Waals surface area contributed by atoms with Crippen molar-refractivity contribution in [3.63, 3.8) is 0 Å². The summed E-state index contributed by atoms with van der Waals surface area (Å²) in [6.07, 6.45) is 4.85. The van der Waals surface area contributed by atoms with E-state index >= 15 is 0 Å². The number of thioether (sulfide) groups is 1. The van der Waals surface area contributed by atoms with Gasteiger partial charge in [-0.1, -0.05) is 0 Å². The minimum Gasteiger partial charge on any atom is -0.359 e. The highest BCUT2D eigenvalue weighted by Gasteiger charge is 2.41. The Morgan fingerprint density at radius 1 is 1.62 bits per heavy atom. The fourth-order valence-electron chi connectivity index (χ4n) is 1.20. The molecule has 1 saturated carbocycles. The highest BCUT2D eigenvalue weighted by Crippen LogP contribution is 2.47. The van der Waals surface area contributed by atoms with E-state index in [9.17, 15) is 0 Å². The number of hydrogen-bond donors (Lipinski definition) is 1. The summed E-state index contributed by atoms with van der Waals surface area (Å²) < 4.78 is 4.62. The highest BCUT2D eigenvalue weighted by atomic mass is 32.2. The molecular formula is C8H13N3S2. The third-order valence-corrected chi connectivity index (χ3v) is 4.51. The molecule has 0 spiro atoms. The topological polar surface area (TPSA) is 37.8 Å². The molecule has 0 saturated heterocycles. The van der Waals surface area contributed by atoms with Crippen molar-refractivity contribution in [2.75, 3.05) is 18.1 Å². The van der Waals surface area contributed by atoms with E-state index in [0.717, 1.165) is 17.5 Å². The van der Waals surface area contributed by atoms with E-state index in [1.54, 1.807) is 0 Å². The Morgan fingerprint density at radius 2 is 2.38 bits per heavy atom. The third kappa shape index (κ3) is 2.14. The second-order valence-corrected chi connectivity index (χ2v) is 5.41. The van der Waals surface area contributed by atoms with Crippen molar-refractivity contribution >= 4 is 28.4 Å². The van der Waals surface area contributed by atoms with Gasteiger partial charge in [0.15, 0.2) is 0 Å². The molecule has 0 atom stereocenters. The first-order chi connectivity index (χ1) is 6.24. The summed E-state index contributed by atoms with van der Waals surface area (Å²) in [4.78, 5) is 4.26. The zero-order valence-electron chi connectivity index (χ0n) is 7.83. The van der Waals surface area contributed by atoms with E-state index < -0.39 is 0 Å². The van der Waals surface area contributed by atoms with E-state index in [1.807, 2.05) is 18.7 Å². The number of hydrogen-bond acceptors (Lipinski definition) is 5. The van der Waals surface area contributed by atoms with Gasteiger partial charge in [0.25, 0.3) is 0 Å². The van der Waals surface area contributed by atoms with Crippen LogP contribution in [0.4, 0.5) is 5.13 Å². The molecule has 0 bridgehead atoms. The SMILES string of the molecule is CSC1(CNc2nc(C)ns2)CC1. The molecule has 3 nitrogen and oxygen atoms in total. The lowest BCUT2D eigenvalue weighted by molar-refractivity contribution is 0.944. The van der Waals surface area contributed by atoms with Crippen molar-refractivity contribution in [1.82, 2.24) is 9.36 Å². The average molecular weight is 215 g/mol. The lowest BCUT2D eigenvalue weighted by Crippen LogP contribution is -2.17. The van der Waals surface area contributed by atoms with Crippen LogP contribution >= 0.6 is 23.3 Å². The fraction of sp³-hybridized carbons (Fsp3) is 0.750. The summed E-state index contributed by atoms with van der Waals surface area (Å²) in [6, 6.07) is 0. The predicted octanol–water partition coefficient (Wildman–Crippen LogP) is 2.15. The van der Waals surface area contributed by atoms with Crippen molar-refractivity contribution in [3.05, 3.63) is 5.82 Å². The van der Waals surface area contributed by atoms with Crippen LogP contribution in [0.1, 0.15) is 18.7 Å². The zero-order valence-corrected chi connectivity index (χ0v) is 9.47. The molecule has 5 heteroatoms. The van der Waals surface area contributed by atoms with Gasteiger partial charge in [-0.2, -0.15) is 16.1 Å². The minimum atomic E-state index is 0.500. The van der Waals surface area contributed by atoms with Crippen LogP contribution in [0.2, 0.25) is 0 Å². The molecule has 1 aliphatic carbocycles. The van der Waals surface area contributed by atoms with Gasteiger partial charge in [0, 0.05) is 22.8 Å². The predicted molar refractivity (Wildman–Crippen MR) is 58.6 cm³/mol. The second-order valence-electron chi connectivity index (χ2n) is 3.39. The minimum absolute atomic E-state index is 0.500. The van der Waals surface area contributed by atoms with Gasteiger partial charge in [-0.3, -0.25) is 0 Å². The van der Waals surface area contributed by atoms with Crippen molar-refractivity contribution in [2.45, 2.75) is 24.5 Å². The summed E-state index contributed by atoms with van der Waals surface area (Å²) in [5, 5.41) is 4.30. The van der Waals surface area contributed by atoms with Crippen LogP contribution in [-0.4, -0.2) is 26.9 Å². The van der Waals surface area contributed by atoms with Crippen LogP contribution in [0.5, 0.6) is 0 Å². The molecule has 2 rings (SSSR count). The molecule has 1 aromatic rings. The Labute approximate surface area is 86.5 Å². The lowest BCUT2D eigenvalue weighted by Gasteiger charge is -2.11. The maximum atomic E-state index is 4.26. The maximum absolute atomic E-state index is 4.26. The molecule has 1 N–H and O–H groups in total. The number of rotatable bonds is 4. The van der Waals surface area contributed by atoms with Crippen molar-refractivity contribution in [3.8, 4) is 0 Å². The van der Waals surface area contributed by atoms with E-state index in [0.29, 0.717) is 4.75 Å². The van der Waals surface area contributed by atoms with Gasteiger partial charge in [-0.05, 0) is 26.0 Å². The van der Waals surface area contributed by atoms with Crippen molar-refractivity contribution < 1.29 is 0 Å². The molecule has 0 radical (unpaired) electrons. The fourth-order valence-corrected chi connectivity index (χ4v) is 2.49. The quantitative estimate of drug-likeness (QED) is 0.835. The maximum Gasteiger partial charge on any atom is 0.202 e. The van der Waals surface area contributed by atoms with Gasteiger partial charge >= 0.3 is 0 Å². The van der Waals surface area contributed by atoms with Crippen molar-refractivity contribution in [2.24, 2.45) is 0 Å². The van der Waals surface area contributed by atoms with Crippen LogP contribution in [0.15, 0.2) is 0 Å².